The Morgan fingerprint density at radius 1 is 1.00 bits per heavy atom. The fraction of sp³-hybridized carbons (Fsp3) is 0.577. The van der Waals surface area contributed by atoms with Crippen LogP contribution in [0.3, 0.4) is 0 Å². The van der Waals surface area contributed by atoms with Gasteiger partial charge >= 0.3 is 0 Å². The number of hydrogen-bond donors (Lipinski definition) is 0. The van der Waals surface area contributed by atoms with Crippen LogP contribution in [0.25, 0.3) is 10.2 Å². The van der Waals surface area contributed by atoms with Crippen molar-refractivity contribution in [1.82, 2.24) is 9.88 Å². The summed E-state index contributed by atoms with van der Waals surface area (Å²) >= 11 is 8.02. The van der Waals surface area contributed by atoms with E-state index < -0.39 is 5.54 Å². The fourth-order valence-electron chi connectivity index (χ4n) is 5.11. The molecule has 3 aliphatic heterocycles. The van der Waals surface area contributed by atoms with Crippen molar-refractivity contribution in [2.24, 2.45) is 4.99 Å². The molecule has 4 nitrogen and oxygen atoms in total. The monoisotopic (exact) mass is 466 g/mol. The Balaban J connectivity index is 1.68. The standard InChI is InChI=1S/C26H34N4S2/c1-25(2,3)23-28-20-18-21(29-13-6-4-7-14-29)19(17-22(20)32-23)26(11-10-12-27-26)24(31)30-15-8-5-9-16-30/h10-12,17-18H,4-9,13-16H2,1-3H3. The van der Waals surface area contributed by atoms with E-state index in [4.69, 9.17) is 22.2 Å². The fourth-order valence-corrected chi connectivity index (χ4v) is 6.57. The number of thiocarbonyl (C=S) groups is 1. The first-order valence-electron chi connectivity index (χ1n) is 12.1. The zero-order valence-corrected chi connectivity index (χ0v) is 21.2. The van der Waals surface area contributed by atoms with Crippen LogP contribution < -0.4 is 4.90 Å². The van der Waals surface area contributed by atoms with Crippen LogP contribution in [0, 0.1) is 0 Å². The molecule has 1 atom stereocenters. The highest BCUT2D eigenvalue weighted by Crippen LogP contribution is 2.44. The van der Waals surface area contributed by atoms with Crippen LogP contribution in [0.1, 0.15) is 69.9 Å². The molecule has 2 saturated heterocycles. The molecule has 1 aromatic heterocycles. The maximum atomic E-state index is 6.21. The highest BCUT2D eigenvalue weighted by atomic mass is 32.1. The van der Waals surface area contributed by atoms with Crippen molar-refractivity contribution < 1.29 is 0 Å². The van der Waals surface area contributed by atoms with Crippen LogP contribution in [-0.4, -0.2) is 47.3 Å². The molecule has 5 rings (SSSR count). The van der Waals surface area contributed by atoms with Crippen molar-refractivity contribution in [1.29, 1.82) is 0 Å². The minimum absolute atomic E-state index is 0.0430. The maximum Gasteiger partial charge on any atom is 0.156 e. The number of thiazole rings is 1. The van der Waals surface area contributed by atoms with Crippen molar-refractivity contribution in [2.75, 3.05) is 31.1 Å². The molecule has 1 aromatic carbocycles. The molecule has 0 saturated carbocycles. The number of aromatic nitrogens is 1. The van der Waals surface area contributed by atoms with Crippen molar-refractivity contribution in [3.8, 4) is 0 Å². The smallest absolute Gasteiger partial charge is 0.156 e. The molecule has 6 heteroatoms. The van der Waals surface area contributed by atoms with Crippen LogP contribution in [-0.2, 0) is 11.0 Å². The molecule has 0 spiro atoms. The molecule has 0 aliphatic carbocycles. The SMILES string of the molecule is CC(C)(C)c1nc2cc(N3CCCCC3)c(C3(C(=S)N4CCCCC4)C=CC=N3)cc2s1. The van der Waals surface area contributed by atoms with Crippen molar-refractivity contribution in [3.63, 3.8) is 0 Å². The third-order valence-corrected chi connectivity index (χ3v) is 8.94. The van der Waals surface area contributed by atoms with E-state index in [0.29, 0.717) is 0 Å². The molecule has 2 fully saturated rings. The van der Waals surface area contributed by atoms with Crippen molar-refractivity contribution in [2.45, 2.75) is 70.3 Å². The molecular weight excluding hydrogens is 432 g/mol. The van der Waals surface area contributed by atoms with Gasteiger partial charge in [-0.1, -0.05) is 33.0 Å². The van der Waals surface area contributed by atoms with E-state index in [9.17, 15) is 0 Å². The molecule has 2 aromatic rings. The highest BCUT2D eigenvalue weighted by Gasteiger charge is 2.41. The molecule has 32 heavy (non-hydrogen) atoms. The number of piperidine rings is 2. The van der Waals surface area contributed by atoms with Crippen molar-refractivity contribution in [3.05, 3.63) is 34.9 Å². The lowest BCUT2D eigenvalue weighted by Gasteiger charge is -2.39. The summed E-state index contributed by atoms with van der Waals surface area (Å²) in [5, 5.41) is 1.19. The molecule has 0 bridgehead atoms. The molecule has 3 aliphatic rings. The van der Waals surface area contributed by atoms with Gasteiger partial charge in [0, 0.05) is 49.1 Å². The lowest BCUT2D eigenvalue weighted by Crippen LogP contribution is -2.46. The highest BCUT2D eigenvalue weighted by molar-refractivity contribution is 7.80. The van der Waals surface area contributed by atoms with Gasteiger partial charge in [0.1, 0.15) is 4.99 Å². The molecule has 0 amide bonds. The van der Waals surface area contributed by atoms with Gasteiger partial charge in [-0.25, -0.2) is 4.98 Å². The van der Waals surface area contributed by atoms with Gasteiger partial charge in [0.15, 0.2) is 5.54 Å². The quantitative estimate of drug-likeness (QED) is 0.502. The van der Waals surface area contributed by atoms with Gasteiger partial charge < -0.3 is 9.80 Å². The van der Waals surface area contributed by atoms with E-state index in [1.54, 1.807) is 0 Å². The predicted octanol–water partition coefficient (Wildman–Crippen LogP) is 6.23. The van der Waals surface area contributed by atoms with E-state index in [-0.39, 0.29) is 5.41 Å². The van der Waals surface area contributed by atoms with Gasteiger partial charge in [-0.15, -0.1) is 11.3 Å². The minimum Gasteiger partial charge on any atom is -0.371 e. The maximum absolute atomic E-state index is 6.21. The lowest BCUT2D eigenvalue weighted by molar-refractivity contribution is 0.333. The summed E-state index contributed by atoms with van der Waals surface area (Å²) in [6.45, 7) is 11.0. The Bertz CT molecular complexity index is 1050. The summed E-state index contributed by atoms with van der Waals surface area (Å²) in [4.78, 5) is 16.0. The molecule has 170 valence electrons. The minimum atomic E-state index is -0.584. The number of likely N-dealkylation sites (tertiary alicyclic amines) is 1. The van der Waals surface area contributed by atoms with Gasteiger partial charge in [-0.05, 0) is 62.8 Å². The number of fused-ring (bicyclic) bond motifs is 1. The van der Waals surface area contributed by atoms with Crippen LogP contribution in [0.4, 0.5) is 5.69 Å². The lowest BCUT2D eigenvalue weighted by atomic mass is 9.87. The van der Waals surface area contributed by atoms with Gasteiger partial charge in [0.2, 0.25) is 0 Å². The first-order chi connectivity index (χ1) is 15.4. The van der Waals surface area contributed by atoms with Crippen LogP contribution in [0.15, 0.2) is 29.3 Å². The average molecular weight is 467 g/mol. The predicted molar refractivity (Wildman–Crippen MR) is 142 cm³/mol. The second-order valence-corrected chi connectivity index (χ2v) is 11.8. The number of rotatable bonds is 3. The van der Waals surface area contributed by atoms with Gasteiger partial charge in [0.05, 0.1) is 15.2 Å². The first-order valence-corrected chi connectivity index (χ1v) is 13.3. The number of allylic oxidation sites excluding steroid dienone is 1. The van der Waals surface area contributed by atoms with E-state index in [0.717, 1.165) is 36.7 Å². The Kier molecular flexibility index (Phi) is 5.87. The second-order valence-electron chi connectivity index (χ2n) is 10.4. The summed E-state index contributed by atoms with van der Waals surface area (Å²) in [7, 11) is 0. The molecule has 0 radical (unpaired) electrons. The van der Waals surface area contributed by atoms with E-state index in [1.807, 2.05) is 17.6 Å². The summed E-state index contributed by atoms with van der Waals surface area (Å²) in [5.74, 6) is 0. The zero-order chi connectivity index (χ0) is 22.3. The number of benzene rings is 1. The number of aliphatic imine (C=N–C) groups is 1. The Hall–Kier alpha value is -1.79. The van der Waals surface area contributed by atoms with Crippen LogP contribution in [0.2, 0.25) is 0 Å². The summed E-state index contributed by atoms with van der Waals surface area (Å²) in [6, 6.07) is 4.68. The van der Waals surface area contributed by atoms with Crippen LogP contribution in [0.5, 0.6) is 0 Å². The number of nitrogens with zero attached hydrogens (tertiary/aromatic N) is 4. The normalized spacial score (nSPS) is 24.0. The number of hydrogen-bond acceptors (Lipinski definition) is 5. The average Bonchev–Trinajstić information content (AvgIpc) is 3.46. The van der Waals surface area contributed by atoms with E-state index >= 15 is 0 Å². The largest absolute Gasteiger partial charge is 0.371 e. The van der Waals surface area contributed by atoms with Gasteiger partial charge in [-0.2, -0.15) is 0 Å². The zero-order valence-electron chi connectivity index (χ0n) is 19.6. The molecule has 4 heterocycles. The Morgan fingerprint density at radius 2 is 1.69 bits per heavy atom. The van der Waals surface area contributed by atoms with E-state index in [1.165, 1.54) is 59.5 Å². The van der Waals surface area contributed by atoms with Gasteiger partial charge in [-0.3, -0.25) is 4.99 Å². The van der Waals surface area contributed by atoms with E-state index in [2.05, 4.69) is 54.9 Å². The van der Waals surface area contributed by atoms with Gasteiger partial charge in [0.25, 0.3) is 0 Å². The van der Waals surface area contributed by atoms with Crippen LogP contribution >= 0.6 is 23.6 Å². The molecule has 1 unspecified atom stereocenters. The Morgan fingerprint density at radius 3 is 2.31 bits per heavy atom. The third kappa shape index (κ3) is 3.90. The summed E-state index contributed by atoms with van der Waals surface area (Å²) in [6.07, 6.45) is 13.8. The molecular formula is C26H34N4S2. The first kappa shape index (κ1) is 22.0. The third-order valence-electron chi connectivity index (χ3n) is 6.93. The second kappa shape index (κ2) is 8.53. The number of anilines is 1. The summed E-state index contributed by atoms with van der Waals surface area (Å²) in [5.41, 5.74) is 3.07. The Labute approximate surface area is 201 Å². The summed E-state index contributed by atoms with van der Waals surface area (Å²) < 4.78 is 1.24. The molecule has 0 N–H and O–H groups in total. The topological polar surface area (TPSA) is 31.7 Å². The van der Waals surface area contributed by atoms with Crippen molar-refractivity contribution >= 4 is 50.7 Å².